The number of urea groups is 1. The molecule has 2 rings (SSSR count). The molecule has 6 heteroatoms. The molecule has 1 fully saturated rings. The van der Waals surface area contributed by atoms with Gasteiger partial charge in [-0.1, -0.05) is 24.3 Å². The van der Waals surface area contributed by atoms with Crippen molar-refractivity contribution in [3.8, 4) is 0 Å². The number of carboxylic acids is 1. The van der Waals surface area contributed by atoms with Crippen LogP contribution in [0.2, 0.25) is 0 Å². The lowest BCUT2D eigenvalue weighted by atomic mass is 9.72. The molecular formula is C18H26N2O4. The first-order valence-corrected chi connectivity index (χ1v) is 8.29. The maximum Gasteiger partial charge on any atom is 0.317 e. The second kappa shape index (κ2) is 8.15. The topological polar surface area (TPSA) is 78.9 Å². The Labute approximate surface area is 142 Å². The molecule has 0 spiro atoms. The van der Waals surface area contributed by atoms with Crippen molar-refractivity contribution < 1.29 is 19.4 Å². The van der Waals surface area contributed by atoms with Crippen LogP contribution in [0.3, 0.4) is 0 Å². The molecule has 0 bridgehead atoms. The van der Waals surface area contributed by atoms with Crippen molar-refractivity contribution >= 4 is 12.0 Å². The summed E-state index contributed by atoms with van der Waals surface area (Å²) >= 11 is 0. The molecule has 0 aromatic heterocycles. The number of ether oxygens (including phenoxy) is 1. The van der Waals surface area contributed by atoms with E-state index in [1.807, 2.05) is 12.1 Å². The van der Waals surface area contributed by atoms with Gasteiger partial charge in [0.2, 0.25) is 0 Å². The summed E-state index contributed by atoms with van der Waals surface area (Å²) < 4.78 is 5.52. The molecular weight excluding hydrogens is 308 g/mol. The van der Waals surface area contributed by atoms with Gasteiger partial charge in [0.1, 0.15) is 0 Å². The van der Waals surface area contributed by atoms with Gasteiger partial charge in [0.15, 0.2) is 0 Å². The Hall–Kier alpha value is -2.08. The molecule has 2 amide bonds. The molecule has 0 radical (unpaired) electrons. The van der Waals surface area contributed by atoms with E-state index in [1.54, 1.807) is 7.05 Å². The first-order chi connectivity index (χ1) is 11.4. The molecule has 0 unspecified atom stereocenters. The standard InChI is InChI=1S/C18H26N2O4/c1-14-5-3-4-6-15(14)18(8-11-24-12-9-18)13-19-17(23)20(2)10-7-16(21)22/h3-6H,7-13H2,1-2H3,(H,19,23)(H,21,22). The van der Waals surface area contributed by atoms with Gasteiger partial charge in [0.05, 0.1) is 6.42 Å². The van der Waals surface area contributed by atoms with Gasteiger partial charge >= 0.3 is 12.0 Å². The lowest BCUT2D eigenvalue weighted by Crippen LogP contribution is -2.48. The predicted octanol–water partition coefficient (Wildman–Crippen LogP) is 2.16. The molecule has 1 aliphatic heterocycles. The number of hydrogen-bond donors (Lipinski definition) is 2. The second-order valence-corrected chi connectivity index (χ2v) is 6.43. The molecule has 1 saturated heterocycles. The summed E-state index contributed by atoms with van der Waals surface area (Å²) in [5.74, 6) is -0.907. The molecule has 132 valence electrons. The number of rotatable bonds is 6. The van der Waals surface area contributed by atoms with Crippen molar-refractivity contribution in [2.45, 2.75) is 31.6 Å². The number of carbonyl (C=O) groups excluding carboxylic acids is 1. The Balaban J connectivity index is 2.06. The van der Waals surface area contributed by atoms with Crippen LogP contribution in [0, 0.1) is 6.92 Å². The number of nitrogens with zero attached hydrogens (tertiary/aromatic N) is 1. The third kappa shape index (κ3) is 4.47. The van der Waals surface area contributed by atoms with Crippen LogP contribution in [-0.2, 0) is 14.9 Å². The summed E-state index contributed by atoms with van der Waals surface area (Å²) in [7, 11) is 1.61. The van der Waals surface area contributed by atoms with Crippen molar-refractivity contribution in [2.75, 3.05) is 33.4 Å². The van der Waals surface area contributed by atoms with Crippen LogP contribution in [0.4, 0.5) is 4.79 Å². The fourth-order valence-corrected chi connectivity index (χ4v) is 3.22. The molecule has 1 aromatic carbocycles. The number of aryl methyl sites for hydroxylation is 1. The van der Waals surface area contributed by atoms with Gasteiger partial charge in [-0.15, -0.1) is 0 Å². The van der Waals surface area contributed by atoms with Crippen molar-refractivity contribution in [3.63, 3.8) is 0 Å². The van der Waals surface area contributed by atoms with Crippen molar-refractivity contribution in [2.24, 2.45) is 0 Å². The van der Waals surface area contributed by atoms with Gasteiger partial charge in [0, 0.05) is 38.8 Å². The van der Waals surface area contributed by atoms with E-state index in [1.165, 1.54) is 16.0 Å². The van der Waals surface area contributed by atoms with Crippen LogP contribution in [0.1, 0.15) is 30.4 Å². The summed E-state index contributed by atoms with van der Waals surface area (Å²) in [5.41, 5.74) is 2.34. The number of benzene rings is 1. The molecule has 0 aliphatic carbocycles. The van der Waals surface area contributed by atoms with E-state index in [9.17, 15) is 9.59 Å². The van der Waals surface area contributed by atoms with E-state index in [0.29, 0.717) is 19.8 Å². The Kier molecular flexibility index (Phi) is 6.20. The van der Waals surface area contributed by atoms with Crippen LogP contribution in [0.25, 0.3) is 0 Å². The second-order valence-electron chi connectivity index (χ2n) is 6.43. The first kappa shape index (κ1) is 18.3. The van der Waals surface area contributed by atoms with Gasteiger partial charge < -0.3 is 20.1 Å². The minimum absolute atomic E-state index is 0.0549. The highest BCUT2D eigenvalue weighted by molar-refractivity contribution is 5.75. The predicted molar refractivity (Wildman–Crippen MR) is 91.2 cm³/mol. The number of carbonyl (C=O) groups is 2. The van der Waals surface area contributed by atoms with Gasteiger partial charge in [-0.2, -0.15) is 0 Å². The highest BCUT2D eigenvalue weighted by atomic mass is 16.5. The summed E-state index contributed by atoms with van der Waals surface area (Å²) in [4.78, 5) is 24.3. The third-order valence-electron chi connectivity index (χ3n) is 4.75. The minimum atomic E-state index is -0.907. The monoisotopic (exact) mass is 334 g/mol. The number of nitrogens with one attached hydrogen (secondary N) is 1. The van der Waals surface area contributed by atoms with Crippen molar-refractivity contribution in [1.82, 2.24) is 10.2 Å². The Morgan fingerprint density at radius 1 is 1.29 bits per heavy atom. The summed E-state index contributed by atoms with van der Waals surface area (Å²) in [6.07, 6.45) is 1.66. The summed E-state index contributed by atoms with van der Waals surface area (Å²) in [5, 5.41) is 11.7. The quantitative estimate of drug-likeness (QED) is 0.835. The van der Waals surface area contributed by atoms with Gasteiger partial charge in [-0.3, -0.25) is 4.79 Å². The summed E-state index contributed by atoms with van der Waals surface area (Å²) in [6, 6.07) is 8.02. The van der Waals surface area contributed by atoms with Crippen molar-refractivity contribution in [3.05, 3.63) is 35.4 Å². The molecule has 0 atom stereocenters. The number of carboxylic acid groups (broad SMARTS) is 1. The van der Waals surface area contributed by atoms with E-state index in [4.69, 9.17) is 9.84 Å². The van der Waals surface area contributed by atoms with E-state index >= 15 is 0 Å². The number of aliphatic carboxylic acids is 1. The zero-order valence-electron chi connectivity index (χ0n) is 14.4. The smallest absolute Gasteiger partial charge is 0.317 e. The largest absolute Gasteiger partial charge is 0.481 e. The molecule has 1 heterocycles. The van der Waals surface area contributed by atoms with Gasteiger partial charge in [-0.25, -0.2) is 4.79 Å². The molecule has 2 N–H and O–H groups in total. The Morgan fingerprint density at radius 3 is 2.58 bits per heavy atom. The van der Waals surface area contributed by atoms with E-state index in [2.05, 4.69) is 24.4 Å². The number of hydrogen-bond acceptors (Lipinski definition) is 3. The first-order valence-electron chi connectivity index (χ1n) is 8.29. The van der Waals surface area contributed by atoms with Gasteiger partial charge in [-0.05, 0) is 30.9 Å². The third-order valence-corrected chi connectivity index (χ3v) is 4.75. The normalized spacial score (nSPS) is 16.4. The molecule has 1 aromatic rings. The van der Waals surface area contributed by atoms with E-state index in [0.717, 1.165) is 12.8 Å². The fourth-order valence-electron chi connectivity index (χ4n) is 3.22. The average Bonchev–Trinajstić information content (AvgIpc) is 2.58. The van der Waals surface area contributed by atoms with E-state index in [-0.39, 0.29) is 24.4 Å². The zero-order valence-corrected chi connectivity index (χ0v) is 14.4. The number of amides is 2. The van der Waals surface area contributed by atoms with Crippen LogP contribution >= 0.6 is 0 Å². The zero-order chi connectivity index (χ0) is 17.6. The molecule has 6 nitrogen and oxygen atoms in total. The maximum atomic E-state index is 12.2. The Morgan fingerprint density at radius 2 is 1.96 bits per heavy atom. The Bertz CT molecular complexity index is 582. The minimum Gasteiger partial charge on any atom is -0.481 e. The lowest BCUT2D eigenvalue weighted by molar-refractivity contribution is -0.137. The fraction of sp³-hybridized carbons (Fsp3) is 0.556. The average molecular weight is 334 g/mol. The summed E-state index contributed by atoms with van der Waals surface area (Å²) in [6.45, 7) is 4.17. The van der Waals surface area contributed by atoms with E-state index < -0.39 is 5.97 Å². The maximum absolute atomic E-state index is 12.2. The molecule has 1 aliphatic rings. The molecule has 0 saturated carbocycles. The van der Waals surface area contributed by atoms with Crippen molar-refractivity contribution in [1.29, 1.82) is 0 Å². The van der Waals surface area contributed by atoms with Crippen LogP contribution < -0.4 is 5.32 Å². The highest BCUT2D eigenvalue weighted by Crippen LogP contribution is 2.36. The lowest BCUT2D eigenvalue weighted by Gasteiger charge is -2.39. The highest BCUT2D eigenvalue weighted by Gasteiger charge is 2.36. The molecule has 24 heavy (non-hydrogen) atoms. The van der Waals surface area contributed by atoms with Crippen LogP contribution in [-0.4, -0.2) is 55.4 Å². The van der Waals surface area contributed by atoms with Crippen LogP contribution in [0.15, 0.2) is 24.3 Å². The SMILES string of the molecule is Cc1ccccc1C1(CNC(=O)N(C)CCC(=O)O)CCOCC1. The van der Waals surface area contributed by atoms with Crippen LogP contribution in [0.5, 0.6) is 0 Å². The van der Waals surface area contributed by atoms with Gasteiger partial charge in [0.25, 0.3) is 0 Å².